The zero-order chi connectivity index (χ0) is 18.6. The van der Waals surface area contributed by atoms with Crippen molar-refractivity contribution >= 4 is 23.2 Å². The van der Waals surface area contributed by atoms with Gasteiger partial charge in [0.1, 0.15) is 0 Å². The van der Waals surface area contributed by atoms with Gasteiger partial charge in [0.2, 0.25) is 5.91 Å². The SMILES string of the molecule is CC1(C)CC(c2cccc(Cl)c2)=NN1C(=O)CCCCc1ccccc1. The van der Waals surface area contributed by atoms with Gasteiger partial charge in [-0.15, -0.1) is 0 Å². The van der Waals surface area contributed by atoms with Crippen LogP contribution in [0.2, 0.25) is 5.02 Å². The maximum Gasteiger partial charge on any atom is 0.243 e. The molecule has 26 heavy (non-hydrogen) atoms. The number of hydrazone groups is 1. The highest BCUT2D eigenvalue weighted by Gasteiger charge is 2.38. The zero-order valence-corrected chi connectivity index (χ0v) is 16.2. The Morgan fingerprint density at radius 1 is 1.12 bits per heavy atom. The average molecular weight is 369 g/mol. The van der Waals surface area contributed by atoms with E-state index in [0.29, 0.717) is 11.4 Å². The molecule has 3 nitrogen and oxygen atoms in total. The van der Waals surface area contributed by atoms with Gasteiger partial charge in [0.05, 0.1) is 11.3 Å². The standard InChI is InChI=1S/C22H25ClN2O/c1-22(2)16-20(18-12-8-13-19(23)15-18)24-25(22)21(26)14-7-6-11-17-9-4-3-5-10-17/h3-5,8-10,12-13,15H,6-7,11,14,16H2,1-2H3. The summed E-state index contributed by atoms with van der Waals surface area (Å²) in [5, 5.41) is 6.99. The number of amides is 1. The van der Waals surface area contributed by atoms with Crippen LogP contribution in [0, 0.1) is 0 Å². The van der Waals surface area contributed by atoms with Crippen molar-refractivity contribution in [1.82, 2.24) is 5.01 Å². The Morgan fingerprint density at radius 2 is 1.88 bits per heavy atom. The van der Waals surface area contributed by atoms with Gasteiger partial charge in [0.15, 0.2) is 0 Å². The molecule has 0 radical (unpaired) electrons. The molecular weight excluding hydrogens is 344 g/mol. The van der Waals surface area contributed by atoms with E-state index < -0.39 is 0 Å². The van der Waals surface area contributed by atoms with Crippen molar-refractivity contribution in [2.75, 3.05) is 0 Å². The molecule has 0 bridgehead atoms. The predicted molar refractivity (Wildman–Crippen MR) is 108 cm³/mol. The van der Waals surface area contributed by atoms with Crippen molar-refractivity contribution in [2.24, 2.45) is 5.10 Å². The molecule has 2 aromatic carbocycles. The number of carbonyl (C=O) groups is 1. The lowest BCUT2D eigenvalue weighted by molar-refractivity contribution is -0.135. The lowest BCUT2D eigenvalue weighted by Crippen LogP contribution is -2.40. The summed E-state index contributed by atoms with van der Waals surface area (Å²) in [5.74, 6) is 0.0973. The van der Waals surface area contributed by atoms with Crippen LogP contribution < -0.4 is 0 Å². The second kappa shape index (κ2) is 8.05. The van der Waals surface area contributed by atoms with E-state index in [2.05, 4.69) is 43.2 Å². The van der Waals surface area contributed by atoms with Crippen LogP contribution in [0.25, 0.3) is 0 Å². The maximum atomic E-state index is 12.7. The van der Waals surface area contributed by atoms with E-state index in [9.17, 15) is 4.79 Å². The molecule has 2 aromatic rings. The van der Waals surface area contributed by atoms with Crippen molar-refractivity contribution in [1.29, 1.82) is 0 Å². The van der Waals surface area contributed by atoms with Crippen molar-refractivity contribution in [2.45, 2.75) is 51.5 Å². The Morgan fingerprint density at radius 3 is 2.62 bits per heavy atom. The summed E-state index contributed by atoms with van der Waals surface area (Å²) in [7, 11) is 0. The normalized spacial score (nSPS) is 15.8. The monoisotopic (exact) mass is 368 g/mol. The topological polar surface area (TPSA) is 32.7 Å². The molecule has 1 aliphatic heterocycles. The van der Waals surface area contributed by atoms with Gasteiger partial charge in [-0.1, -0.05) is 54.1 Å². The third-order valence-electron chi connectivity index (χ3n) is 4.74. The first kappa shape index (κ1) is 18.7. The van der Waals surface area contributed by atoms with Crippen LogP contribution in [0.1, 0.15) is 50.7 Å². The number of hydrogen-bond donors (Lipinski definition) is 0. The van der Waals surface area contributed by atoms with Crippen molar-refractivity contribution in [3.63, 3.8) is 0 Å². The third-order valence-corrected chi connectivity index (χ3v) is 4.97. The van der Waals surface area contributed by atoms with Gasteiger partial charge in [0, 0.05) is 17.9 Å². The number of aryl methyl sites for hydroxylation is 1. The number of carbonyl (C=O) groups excluding carboxylic acids is 1. The molecule has 0 spiro atoms. The summed E-state index contributed by atoms with van der Waals surface area (Å²) in [6.45, 7) is 4.13. The molecule has 0 atom stereocenters. The average Bonchev–Trinajstić information content (AvgIpc) is 2.95. The lowest BCUT2D eigenvalue weighted by atomic mass is 9.94. The van der Waals surface area contributed by atoms with E-state index in [4.69, 9.17) is 11.6 Å². The first-order valence-corrected chi connectivity index (χ1v) is 9.54. The highest BCUT2D eigenvalue weighted by atomic mass is 35.5. The summed E-state index contributed by atoms with van der Waals surface area (Å²) >= 11 is 6.09. The Labute approximate surface area is 160 Å². The largest absolute Gasteiger partial charge is 0.273 e. The van der Waals surface area contributed by atoms with E-state index in [1.54, 1.807) is 5.01 Å². The van der Waals surface area contributed by atoms with Crippen LogP contribution >= 0.6 is 11.6 Å². The van der Waals surface area contributed by atoms with E-state index >= 15 is 0 Å². The zero-order valence-electron chi connectivity index (χ0n) is 15.4. The molecule has 1 aliphatic rings. The molecule has 0 fully saturated rings. The summed E-state index contributed by atoms with van der Waals surface area (Å²) in [6, 6.07) is 18.1. The molecule has 0 saturated heterocycles. The number of halogens is 1. The minimum Gasteiger partial charge on any atom is -0.273 e. The van der Waals surface area contributed by atoms with Crippen molar-refractivity contribution in [3.05, 3.63) is 70.7 Å². The lowest BCUT2D eigenvalue weighted by Gasteiger charge is -2.28. The second-order valence-electron chi connectivity index (χ2n) is 7.44. The Balaban J connectivity index is 1.58. The van der Waals surface area contributed by atoms with E-state index in [1.165, 1.54) is 5.56 Å². The summed E-state index contributed by atoms with van der Waals surface area (Å²) in [5.41, 5.74) is 2.94. The van der Waals surface area contributed by atoms with Gasteiger partial charge in [0.25, 0.3) is 0 Å². The van der Waals surface area contributed by atoms with Crippen LogP contribution in [0.3, 0.4) is 0 Å². The van der Waals surface area contributed by atoms with Crippen LogP contribution in [0.15, 0.2) is 59.7 Å². The van der Waals surface area contributed by atoms with Gasteiger partial charge in [-0.3, -0.25) is 4.79 Å². The predicted octanol–water partition coefficient (Wildman–Crippen LogP) is 5.47. The Bertz CT molecular complexity index is 799. The molecule has 0 unspecified atom stereocenters. The fourth-order valence-corrected chi connectivity index (χ4v) is 3.54. The molecule has 1 heterocycles. The molecule has 136 valence electrons. The Hall–Kier alpha value is -2.13. The van der Waals surface area contributed by atoms with E-state index in [1.807, 2.05) is 30.3 Å². The summed E-state index contributed by atoms with van der Waals surface area (Å²) in [6.07, 6.45) is 4.16. The number of rotatable bonds is 6. The van der Waals surface area contributed by atoms with Gasteiger partial charge < -0.3 is 0 Å². The molecular formula is C22H25ClN2O. The molecule has 1 amide bonds. The number of benzene rings is 2. The first-order chi connectivity index (χ1) is 12.5. The van der Waals surface area contributed by atoms with Crippen molar-refractivity contribution < 1.29 is 4.79 Å². The molecule has 0 N–H and O–H groups in total. The van der Waals surface area contributed by atoms with Crippen LogP contribution in [0.4, 0.5) is 0 Å². The van der Waals surface area contributed by atoms with Gasteiger partial charge >= 0.3 is 0 Å². The number of unbranched alkanes of at least 4 members (excludes halogenated alkanes) is 1. The van der Waals surface area contributed by atoms with Crippen LogP contribution in [-0.2, 0) is 11.2 Å². The minimum atomic E-state index is -0.297. The fraction of sp³-hybridized carbons (Fsp3) is 0.364. The molecule has 0 saturated carbocycles. The fourth-order valence-electron chi connectivity index (χ4n) is 3.35. The quantitative estimate of drug-likeness (QED) is 0.622. The van der Waals surface area contributed by atoms with Crippen molar-refractivity contribution in [3.8, 4) is 0 Å². The van der Waals surface area contributed by atoms with Gasteiger partial charge in [-0.25, -0.2) is 5.01 Å². The molecule has 4 heteroatoms. The summed E-state index contributed by atoms with van der Waals surface area (Å²) in [4.78, 5) is 12.7. The van der Waals surface area contributed by atoms with Gasteiger partial charge in [-0.05, 0) is 56.4 Å². The van der Waals surface area contributed by atoms with E-state index in [0.717, 1.165) is 37.0 Å². The minimum absolute atomic E-state index is 0.0973. The number of hydrogen-bond acceptors (Lipinski definition) is 2. The van der Waals surface area contributed by atoms with Crippen LogP contribution in [0.5, 0.6) is 0 Å². The van der Waals surface area contributed by atoms with Gasteiger partial charge in [-0.2, -0.15) is 5.10 Å². The number of nitrogens with zero attached hydrogens (tertiary/aromatic N) is 2. The molecule has 0 aliphatic carbocycles. The molecule has 3 rings (SSSR count). The highest BCUT2D eigenvalue weighted by molar-refractivity contribution is 6.31. The van der Waals surface area contributed by atoms with E-state index in [-0.39, 0.29) is 11.4 Å². The maximum absolute atomic E-state index is 12.7. The van der Waals surface area contributed by atoms with Crippen LogP contribution in [-0.4, -0.2) is 22.2 Å². The summed E-state index contributed by atoms with van der Waals surface area (Å²) < 4.78 is 0. The smallest absolute Gasteiger partial charge is 0.243 e. The third kappa shape index (κ3) is 4.53. The molecule has 0 aromatic heterocycles. The highest BCUT2D eigenvalue weighted by Crippen LogP contribution is 2.31. The first-order valence-electron chi connectivity index (χ1n) is 9.16. The Kier molecular flexibility index (Phi) is 5.77. The second-order valence-corrected chi connectivity index (χ2v) is 7.88.